The fourth-order valence-corrected chi connectivity index (χ4v) is 2.09. The number of fused-ring (bicyclic) bond motifs is 1. The summed E-state index contributed by atoms with van der Waals surface area (Å²) in [7, 11) is 0. The van der Waals surface area contributed by atoms with Crippen molar-refractivity contribution < 1.29 is 9.21 Å². The molecule has 0 aliphatic heterocycles. The van der Waals surface area contributed by atoms with E-state index < -0.39 is 5.91 Å². The van der Waals surface area contributed by atoms with Gasteiger partial charge in [-0.1, -0.05) is 0 Å². The highest BCUT2D eigenvalue weighted by Gasteiger charge is 2.28. The zero-order valence-corrected chi connectivity index (χ0v) is 11.0. The van der Waals surface area contributed by atoms with E-state index in [1.54, 1.807) is 18.2 Å². The van der Waals surface area contributed by atoms with Crippen molar-refractivity contribution in [3.63, 3.8) is 0 Å². The van der Waals surface area contributed by atoms with Gasteiger partial charge < -0.3 is 15.5 Å². The molecule has 4 rings (SSSR count). The number of carbonyl (C=O) groups is 1. The average Bonchev–Trinajstić information content (AvgIpc) is 3.09. The summed E-state index contributed by atoms with van der Waals surface area (Å²) in [6, 6.07) is 5.31. The second-order valence-electron chi connectivity index (χ2n) is 5.01. The number of benzene rings is 1. The Bertz CT molecular complexity index is 832. The number of nitrogens with two attached hydrogens (primary N) is 1. The largest absolute Gasteiger partial charge is 0.440 e. The number of aromatic amines is 1. The lowest BCUT2D eigenvalue weighted by atomic mass is 10.3. The van der Waals surface area contributed by atoms with Crippen LogP contribution in [0.1, 0.15) is 35.3 Å². The van der Waals surface area contributed by atoms with E-state index in [4.69, 9.17) is 10.2 Å². The van der Waals surface area contributed by atoms with Gasteiger partial charge in [0.05, 0.1) is 0 Å². The zero-order valence-electron chi connectivity index (χ0n) is 11.0. The molecule has 2 heterocycles. The van der Waals surface area contributed by atoms with Crippen LogP contribution in [0.15, 0.2) is 22.6 Å². The molecule has 0 atom stereocenters. The molecule has 0 bridgehead atoms. The normalized spacial score (nSPS) is 14.5. The van der Waals surface area contributed by atoms with Gasteiger partial charge in [0.2, 0.25) is 11.8 Å². The van der Waals surface area contributed by atoms with E-state index in [-0.39, 0.29) is 11.8 Å². The van der Waals surface area contributed by atoms with Crippen molar-refractivity contribution in [3.8, 4) is 0 Å². The molecule has 1 aliphatic rings. The molecule has 1 amide bonds. The number of H-pyrrole nitrogens is 1. The number of oxazole rings is 1. The molecule has 106 valence electrons. The first-order valence-electron chi connectivity index (χ1n) is 6.59. The van der Waals surface area contributed by atoms with Crippen LogP contribution in [0.4, 0.5) is 11.6 Å². The summed E-state index contributed by atoms with van der Waals surface area (Å²) in [6.07, 6.45) is 2.26. The van der Waals surface area contributed by atoms with E-state index in [2.05, 4.69) is 25.5 Å². The molecule has 8 heteroatoms. The summed E-state index contributed by atoms with van der Waals surface area (Å²) in [6.45, 7) is 0. The Hall–Kier alpha value is -2.90. The van der Waals surface area contributed by atoms with Crippen LogP contribution in [0.5, 0.6) is 0 Å². The van der Waals surface area contributed by atoms with Gasteiger partial charge in [0.25, 0.3) is 5.91 Å². The maximum atomic E-state index is 11.9. The van der Waals surface area contributed by atoms with Crippen molar-refractivity contribution in [1.82, 2.24) is 20.2 Å². The van der Waals surface area contributed by atoms with E-state index in [1.807, 2.05) is 0 Å². The molecule has 8 nitrogen and oxygen atoms in total. The van der Waals surface area contributed by atoms with Crippen molar-refractivity contribution >= 4 is 28.6 Å². The fraction of sp³-hybridized carbons (Fsp3) is 0.231. The first-order valence-corrected chi connectivity index (χ1v) is 6.59. The first kappa shape index (κ1) is 11.9. The lowest BCUT2D eigenvalue weighted by molar-refractivity contribution is 0.101. The highest BCUT2D eigenvalue weighted by Crippen LogP contribution is 2.40. The third-order valence-corrected chi connectivity index (χ3v) is 3.31. The van der Waals surface area contributed by atoms with Crippen molar-refractivity contribution in [2.75, 3.05) is 11.1 Å². The number of nitrogens with one attached hydrogen (secondary N) is 2. The number of anilines is 2. The molecule has 0 radical (unpaired) electrons. The standard InChI is InChI=1S/C13H12N6O2/c14-13-17-10(18-19-13)11(20)15-7-3-4-9-8(5-7)16-12(21-9)6-1-2-6/h3-6H,1-2H2,(H,15,20)(H3,14,17,18,19). The maximum absolute atomic E-state index is 11.9. The van der Waals surface area contributed by atoms with E-state index in [0.717, 1.165) is 29.8 Å². The number of nitrogen functional groups attached to an aromatic ring is 1. The Morgan fingerprint density at radius 1 is 1.38 bits per heavy atom. The Morgan fingerprint density at radius 3 is 2.95 bits per heavy atom. The molecule has 3 aromatic rings. The average molecular weight is 284 g/mol. The van der Waals surface area contributed by atoms with Crippen molar-refractivity contribution in [2.45, 2.75) is 18.8 Å². The maximum Gasteiger partial charge on any atom is 0.293 e. The molecule has 0 unspecified atom stereocenters. The van der Waals surface area contributed by atoms with Crippen molar-refractivity contribution in [1.29, 1.82) is 0 Å². The van der Waals surface area contributed by atoms with Gasteiger partial charge in [0.1, 0.15) is 5.52 Å². The van der Waals surface area contributed by atoms with Crippen LogP contribution in [0.2, 0.25) is 0 Å². The van der Waals surface area contributed by atoms with Gasteiger partial charge in [-0.05, 0) is 31.0 Å². The van der Waals surface area contributed by atoms with E-state index in [1.165, 1.54) is 0 Å². The van der Waals surface area contributed by atoms with Crippen LogP contribution in [0, 0.1) is 0 Å². The van der Waals surface area contributed by atoms with Gasteiger partial charge in [-0.25, -0.2) is 4.98 Å². The van der Waals surface area contributed by atoms with Gasteiger partial charge in [-0.3, -0.25) is 9.89 Å². The van der Waals surface area contributed by atoms with Crippen LogP contribution in [0.25, 0.3) is 11.1 Å². The zero-order chi connectivity index (χ0) is 14.4. The van der Waals surface area contributed by atoms with E-state index in [0.29, 0.717) is 11.6 Å². The molecular weight excluding hydrogens is 272 g/mol. The lowest BCUT2D eigenvalue weighted by Gasteiger charge is -2.01. The van der Waals surface area contributed by atoms with Gasteiger partial charge in [0, 0.05) is 11.6 Å². The summed E-state index contributed by atoms with van der Waals surface area (Å²) >= 11 is 0. The fourth-order valence-electron chi connectivity index (χ4n) is 2.09. The molecule has 1 fully saturated rings. The molecule has 1 aliphatic carbocycles. The summed E-state index contributed by atoms with van der Waals surface area (Å²) in [5.41, 5.74) is 7.42. The van der Waals surface area contributed by atoms with E-state index >= 15 is 0 Å². The summed E-state index contributed by atoms with van der Waals surface area (Å²) < 4.78 is 5.67. The summed E-state index contributed by atoms with van der Waals surface area (Å²) in [5.74, 6) is 0.904. The van der Waals surface area contributed by atoms with Gasteiger partial charge >= 0.3 is 0 Å². The summed E-state index contributed by atoms with van der Waals surface area (Å²) in [4.78, 5) is 20.2. The number of aromatic nitrogens is 4. The molecule has 21 heavy (non-hydrogen) atoms. The van der Waals surface area contributed by atoms with Crippen LogP contribution in [-0.2, 0) is 0 Å². The second kappa shape index (κ2) is 4.30. The number of hydrogen-bond acceptors (Lipinski definition) is 6. The Labute approximate surface area is 118 Å². The minimum absolute atomic E-state index is 0.0289. The molecular formula is C13H12N6O2. The second-order valence-corrected chi connectivity index (χ2v) is 5.01. The number of amides is 1. The quantitative estimate of drug-likeness (QED) is 0.672. The Kier molecular flexibility index (Phi) is 2.44. The van der Waals surface area contributed by atoms with Crippen LogP contribution < -0.4 is 11.1 Å². The van der Waals surface area contributed by atoms with Crippen LogP contribution in [0.3, 0.4) is 0 Å². The number of carbonyl (C=O) groups excluding carboxylic acids is 1. The van der Waals surface area contributed by atoms with E-state index in [9.17, 15) is 4.79 Å². The molecule has 2 aromatic heterocycles. The van der Waals surface area contributed by atoms with Crippen LogP contribution in [-0.4, -0.2) is 26.1 Å². The van der Waals surface area contributed by atoms with Crippen molar-refractivity contribution in [3.05, 3.63) is 29.9 Å². The number of hydrogen-bond donors (Lipinski definition) is 3. The molecule has 0 saturated heterocycles. The minimum Gasteiger partial charge on any atom is -0.440 e. The molecule has 1 saturated carbocycles. The first-order chi connectivity index (χ1) is 10.2. The van der Waals surface area contributed by atoms with Crippen molar-refractivity contribution in [2.24, 2.45) is 0 Å². The molecule has 0 spiro atoms. The number of rotatable bonds is 3. The van der Waals surface area contributed by atoms with Crippen LogP contribution >= 0.6 is 0 Å². The highest BCUT2D eigenvalue weighted by molar-refractivity contribution is 6.02. The Morgan fingerprint density at radius 2 is 2.24 bits per heavy atom. The van der Waals surface area contributed by atoms with Gasteiger partial charge in [0.15, 0.2) is 11.5 Å². The van der Waals surface area contributed by atoms with Gasteiger partial charge in [-0.15, -0.1) is 5.10 Å². The Balaban J connectivity index is 1.59. The predicted molar refractivity (Wildman–Crippen MR) is 74.7 cm³/mol. The molecule has 1 aromatic carbocycles. The molecule has 4 N–H and O–H groups in total. The lowest BCUT2D eigenvalue weighted by Crippen LogP contribution is -2.13. The summed E-state index contributed by atoms with van der Waals surface area (Å²) in [5, 5.41) is 8.78. The third kappa shape index (κ3) is 2.20. The highest BCUT2D eigenvalue weighted by atomic mass is 16.3. The smallest absolute Gasteiger partial charge is 0.293 e. The monoisotopic (exact) mass is 284 g/mol. The predicted octanol–water partition coefficient (Wildman–Crippen LogP) is 1.66. The van der Waals surface area contributed by atoms with Gasteiger partial charge in [-0.2, -0.15) is 4.98 Å². The number of nitrogens with zero attached hydrogens (tertiary/aromatic N) is 3. The minimum atomic E-state index is -0.413. The third-order valence-electron chi connectivity index (χ3n) is 3.31. The topological polar surface area (TPSA) is 123 Å². The SMILES string of the molecule is Nc1n[nH]c(C(=O)Nc2ccc3oc(C4CC4)nc3c2)n1.